The van der Waals surface area contributed by atoms with Gasteiger partial charge in [0.2, 0.25) is 0 Å². The monoisotopic (exact) mass is 684 g/mol. The summed E-state index contributed by atoms with van der Waals surface area (Å²) in [6.45, 7) is 15.1. The SMILES string of the molecule is CO[C@H](CCO[C@H]1CC[C@@]2(C)[C@@H](C1)C(=O)C=C1[C@@H]2C[C@H]2CC#C[C@H](O)[C@H]3O[C@@H]([C@H](C)[C@H]3C)[C@@H](O)[C@@](C)(O)[C@H]3CC[C@]1(O)[C@]23C)CCC(C)C. The Balaban J connectivity index is 1.29. The highest BCUT2D eigenvalue weighted by atomic mass is 16.5. The van der Waals surface area contributed by atoms with Crippen molar-refractivity contribution in [2.75, 3.05) is 13.7 Å². The van der Waals surface area contributed by atoms with Gasteiger partial charge in [-0.05, 0) is 117 Å². The summed E-state index contributed by atoms with van der Waals surface area (Å²) in [5.41, 5.74) is -3.29. The average molecular weight is 685 g/mol. The van der Waals surface area contributed by atoms with Crippen molar-refractivity contribution in [2.24, 2.45) is 52.3 Å². The number of fused-ring (bicyclic) bond motifs is 6. The van der Waals surface area contributed by atoms with Crippen molar-refractivity contribution in [3.05, 3.63) is 11.6 Å². The number of aliphatic hydroxyl groups excluding tert-OH is 2. The number of rotatable bonds is 8. The zero-order chi connectivity index (χ0) is 35.7. The summed E-state index contributed by atoms with van der Waals surface area (Å²) < 4.78 is 18.4. The molecule has 2 bridgehead atoms. The third kappa shape index (κ3) is 6.00. The van der Waals surface area contributed by atoms with Crippen molar-refractivity contribution in [3.63, 3.8) is 0 Å². The van der Waals surface area contributed by atoms with E-state index in [9.17, 15) is 25.2 Å². The molecular weight excluding hydrogens is 620 g/mol. The number of ketones is 1. The lowest BCUT2D eigenvalue weighted by Gasteiger charge is -2.63. The second-order valence-corrected chi connectivity index (χ2v) is 18.1. The van der Waals surface area contributed by atoms with E-state index < -0.39 is 47.0 Å². The fourth-order valence-corrected chi connectivity index (χ4v) is 11.8. The van der Waals surface area contributed by atoms with Crippen LogP contribution in [0.2, 0.25) is 0 Å². The van der Waals surface area contributed by atoms with E-state index >= 15 is 0 Å². The summed E-state index contributed by atoms with van der Waals surface area (Å²) in [6, 6.07) is 0. The minimum atomic E-state index is -1.58. The Kier molecular flexibility index (Phi) is 10.4. The van der Waals surface area contributed by atoms with Crippen LogP contribution in [0.25, 0.3) is 0 Å². The Morgan fingerprint density at radius 2 is 1.69 bits per heavy atom. The number of hydrogen-bond acceptors (Lipinski definition) is 8. The van der Waals surface area contributed by atoms with E-state index in [2.05, 4.69) is 39.5 Å². The van der Waals surface area contributed by atoms with Gasteiger partial charge in [-0.2, -0.15) is 0 Å². The van der Waals surface area contributed by atoms with Crippen LogP contribution in [0.3, 0.4) is 0 Å². The normalized spacial score (nSPS) is 49.9. The fourth-order valence-electron chi connectivity index (χ4n) is 11.8. The van der Waals surface area contributed by atoms with Gasteiger partial charge in [-0.25, -0.2) is 0 Å². The third-order valence-corrected chi connectivity index (χ3v) is 15.3. The van der Waals surface area contributed by atoms with Gasteiger partial charge in [-0.1, -0.05) is 47.5 Å². The lowest BCUT2D eigenvalue weighted by atomic mass is 9.43. The molecule has 6 aliphatic rings. The largest absolute Gasteiger partial charge is 0.387 e. The van der Waals surface area contributed by atoms with Gasteiger partial charge in [0.15, 0.2) is 5.78 Å². The second kappa shape index (κ2) is 13.6. The van der Waals surface area contributed by atoms with Crippen LogP contribution in [0.15, 0.2) is 11.6 Å². The number of carbonyl (C=O) groups excluding carboxylic acids is 1. The molecule has 0 amide bonds. The van der Waals surface area contributed by atoms with E-state index in [0.717, 1.165) is 44.1 Å². The summed E-state index contributed by atoms with van der Waals surface area (Å²) >= 11 is 0. The van der Waals surface area contributed by atoms with Crippen LogP contribution in [-0.2, 0) is 19.0 Å². The quantitative estimate of drug-likeness (QED) is 0.256. The predicted molar refractivity (Wildman–Crippen MR) is 187 cm³/mol. The zero-order valence-electron chi connectivity index (χ0n) is 31.3. The Labute approximate surface area is 294 Å². The molecule has 0 unspecified atom stereocenters. The maximum Gasteiger partial charge on any atom is 0.159 e. The molecule has 16 atom stereocenters. The van der Waals surface area contributed by atoms with E-state index in [0.29, 0.717) is 38.2 Å². The van der Waals surface area contributed by atoms with Crippen LogP contribution in [-0.4, -0.2) is 87.8 Å². The van der Waals surface area contributed by atoms with Crippen LogP contribution >= 0.6 is 0 Å². The highest BCUT2D eigenvalue weighted by molar-refractivity contribution is 5.95. The van der Waals surface area contributed by atoms with E-state index in [4.69, 9.17) is 14.2 Å². The average Bonchev–Trinajstić information content (AvgIpc) is 3.51. The van der Waals surface area contributed by atoms with Crippen molar-refractivity contribution < 1.29 is 39.4 Å². The number of aliphatic hydroxyl groups is 4. The molecule has 8 nitrogen and oxygen atoms in total. The molecule has 4 fully saturated rings. The van der Waals surface area contributed by atoms with Crippen LogP contribution < -0.4 is 0 Å². The van der Waals surface area contributed by atoms with E-state index in [1.807, 2.05) is 13.8 Å². The smallest absolute Gasteiger partial charge is 0.159 e. The summed E-state index contributed by atoms with van der Waals surface area (Å²) in [5, 5.41) is 48.4. The van der Waals surface area contributed by atoms with Crippen LogP contribution in [0.1, 0.15) is 113 Å². The first-order chi connectivity index (χ1) is 23.0. The molecule has 276 valence electrons. The minimum Gasteiger partial charge on any atom is -0.387 e. The first-order valence-electron chi connectivity index (χ1n) is 19.4. The van der Waals surface area contributed by atoms with Gasteiger partial charge >= 0.3 is 0 Å². The molecule has 4 aliphatic carbocycles. The first-order valence-corrected chi connectivity index (χ1v) is 19.4. The number of hydrogen-bond donors (Lipinski definition) is 4. The Bertz CT molecular complexity index is 1330. The lowest BCUT2D eigenvalue weighted by Crippen LogP contribution is -2.66. The number of allylic oxidation sites excluding steroid dienone is 1. The number of carbonyl (C=O) groups is 1. The highest BCUT2D eigenvalue weighted by Gasteiger charge is 2.72. The molecule has 0 aromatic carbocycles. The van der Waals surface area contributed by atoms with Crippen molar-refractivity contribution >= 4 is 5.78 Å². The van der Waals surface area contributed by atoms with Crippen LogP contribution in [0.5, 0.6) is 0 Å². The van der Waals surface area contributed by atoms with Crippen LogP contribution in [0.4, 0.5) is 0 Å². The van der Waals surface area contributed by atoms with Crippen molar-refractivity contribution in [1.29, 1.82) is 0 Å². The summed E-state index contributed by atoms with van der Waals surface area (Å²) in [5.74, 6) is 6.17. The third-order valence-electron chi connectivity index (χ3n) is 15.3. The topological polar surface area (TPSA) is 126 Å². The van der Waals surface area contributed by atoms with E-state index in [1.54, 1.807) is 20.1 Å². The first kappa shape index (κ1) is 37.4. The van der Waals surface area contributed by atoms with Gasteiger partial charge < -0.3 is 34.6 Å². The summed E-state index contributed by atoms with van der Waals surface area (Å²) in [6.07, 6.45) is 5.95. The molecule has 2 heterocycles. The van der Waals surface area contributed by atoms with Crippen molar-refractivity contribution in [2.45, 2.75) is 161 Å². The molecule has 1 saturated heterocycles. The minimum absolute atomic E-state index is 0.0130. The molecule has 0 aromatic rings. The zero-order valence-corrected chi connectivity index (χ0v) is 31.3. The van der Waals surface area contributed by atoms with Crippen molar-refractivity contribution in [3.8, 4) is 11.8 Å². The van der Waals surface area contributed by atoms with Gasteiger partial charge in [0, 0.05) is 31.5 Å². The van der Waals surface area contributed by atoms with Crippen LogP contribution in [0, 0.1) is 64.1 Å². The second-order valence-electron chi connectivity index (χ2n) is 18.1. The molecule has 0 aromatic heterocycles. The molecule has 4 N–H and O–H groups in total. The van der Waals surface area contributed by atoms with Gasteiger partial charge in [0.25, 0.3) is 0 Å². The molecular formula is C41H64O8. The molecule has 49 heavy (non-hydrogen) atoms. The highest BCUT2D eigenvalue weighted by Crippen LogP contribution is 2.71. The molecule has 3 saturated carbocycles. The van der Waals surface area contributed by atoms with Gasteiger partial charge in [-0.3, -0.25) is 4.79 Å². The standard InChI is InChI=1S/C41H64O8/c1-23(2)12-13-27(47-8)16-19-48-28-14-17-38(5)29-20-26-10-9-11-32(42)35-24(3)25(4)36(49-35)37(44)40(7,45)34-15-18-41(46,39(26,34)6)30(29)22-33(43)31(38)21-28/h22-29,31-32,34-37,42,44-46H,10,12-21H2,1-8H3/t24-,25-,26-,27+,28+,29+,31+,32+,34+,35+,36+,37-,38-,39-,40+,41-/m1/s1. The molecule has 8 heteroatoms. The Morgan fingerprint density at radius 1 is 0.980 bits per heavy atom. The van der Waals surface area contributed by atoms with Gasteiger partial charge in [-0.15, -0.1) is 5.92 Å². The number of methoxy groups -OCH3 is 1. The molecule has 2 aliphatic heterocycles. The molecule has 6 rings (SSSR count). The van der Waals surface area contributed by atoms with Crippen molar-refractivity contribution in [1.82, 2.24) is 0 Å². The summed E-state index contributed by atoms with van der Waals surface area (Å²) in [7, 11) is 1.77. The predicted octanol–water partition coefficient (Wildman–Crippen LogP) is 5.23. The lowest BCUT2D eigenvalue weighted by molar-refractivity contribution is -0.211. The maximum atomic E-state index is 14.1. The number of ether oxygens (including phenoxy) is 3. The molecule has 0 spiro atoms. The molecule has 0 radical (unpaired) electrons. The van der Waals surface area contributed by atoms with E-state index in [1.165, 1.54) is 0 Å². The maximum absolute atomic E-state index is 14.1. The van der Waals surface area contributed by atoms with Gasteiger partial charge in [0.05, 0.1) is 35.6 Å². The van der Waals surface area contributed by atoms with E-state index in [-0.39, 0.29) is 53.0 Å². The Hall–Kier alpha value is -1.31. The van der Waals surface area contributed by atoms with Gasteiger partial charge in [0.1, 0.15) is 12.2 Å². The Morgan fingerprint density at radius 3 is 2.39 bits per heavy atom. The fraction of sp³-hybridized carbons (Fsp3) is 0.878. The summed E-state index contributed by atoms with van der Waals surface area (Å²) in [4.78, 5) is 14.1.